The van der Waals surface area contributed by atoms with E-state index in [9.17, 15) is 19.6 Å². The Balaban J connectivity index is 0.000000184. The van der Waals surface area contributed by atoms with E-state index in [0.29, 0.717) is 36.6 Å². The first-order valence-electron chi connectivity index (χ1n) is 22.2. The van der Waals surface area contributed by atoms with E-state index in [2.05, 4.69) is 125 Å². The fourth-order valence-corrected chi connectivity index (χ4v) is 8.63. The lowest BCUT2D eigenvalue weighted by Gasteiger charge is -2.17. The van der Waals surface area contributed by atoms with Crippen molar-refractivity contribution < 1.29 is 19.6 Å². The van der Waals surface area contributed by atoms with E-state index in [1.807, 2.05) is 116 Å². The molecule has 8 aromatic rings. The molecule has 0 saturated carbocycles. The lowest BCUT2D eigenvalue weighted by atomic mass is 9.81. The molecule has 6 aromatic heterocycles. The molecule has 0 aliphatic heterocycles. The van der Waals surface area contributed by atoms with Crippen LogP contribution in [-0.2, 0) is 9.59 Å². The summed E-state index contributed by atoms with van der Waals surface area (Å²) >= 11 is 2.25. The summed E-state index contributed by atoms with van der Waals surface area (Å²) in [4.78, 5) is 30.7. The normalized spacial score (nSPS) is 11.3. The SMILES string of the molecule is Cc1ccc(C)n1-c1cc(/C(=C/CNC=O)c2ccccc2)cc(-n2c(C)ccc2C)n1.Cc1ccc(C)n1-c1cc(B(O)O)cc(-n2c(C)ccc2C)n1.O=CNC/C=C(/I)c1ccccc1. The van der Waals surface area contributed by atoms with Crippen LogP contribution in [0, 0.1) is 55.4 Å². The van der Waals surface area contributed by atoms with Crippen molar-refractivity contribution in [2.24, 2.45) is 0 Å². The number of pyridine rings is 2. The van der Waals surface area contributed by atoms with E-state index >= 15 is 0 Å². The summed E-state index contributed by atoms with van der Waals surface area (Å²) in [6.45, 7) is 17.4. The van der Waals surface area contributed by atoms with Crippen LogP contribution in [0.2, 0.25) is 0 Å². The molecule has 0 aliphatic rings. The molecule has 68 heavy (non-hydrogen) atoms. The predicted molar refractivity (Wildman–Crippen MR) is 284 cm³/mol. The van der Waals surface area contributed by atoms with Gasteiger partial charge >= 0.3 is 7.12 Å². The number of benzene rings is 2. The second-order valence-corrected chi connectivity index (χ2v) is 17.5. The zero-order valence-corrected chi connectivity index (χ0v) is 41.9. The predicted octanol–water partition coefficient (Wildman–Crippen LogP) is 8.86. The molecule has 0 unspecified atom stereocenters. The van der Waals surface area contributed by atoms with Gasteiger partial charge in [-0.05, 0) is 179 Å². The first-order valence-corrected chi connectivity index (χ1v) is 23.3. The molecule has 14 heteroatoms. The number of carbonyl (C=O) groups is 2. The van der Waals surface area contributed by atoms with Crippen LogP contribution in [0.4, 0.5) is 0 Å². The molecule has 4 N–H and O–H groups in total. The topological polar surface area (TPSA) is 144 Å². The minimum Gasteiger partial charge on any atom is -0.423 e. The van der Waals surface area contributed by atoms with Crippen molar-refractivity contribution in [2.75, 3.05) is 13.1 Å². The number of nitrogens with one attached hydrogen (secondary N) is 2. The maximum absolute atomic E-state index is 10.9. The number of rotatable bonds is 14. The van der Waals surface area contributed by atoms with Gasteiger partial charge in [0.2, 0.25) is 12.8 Å². The standard InChI is InChI=1S/C27H28N4O.C17H20BN3O2.C10H10INO/c1-19-10-11-20(2)30(19)26-16-24(17-27(29-26)31-21(3)12-13-22(31)4)25(14-15-28-18-32)23-8-6-5-7-9-23;1-11-5-6-12(2)20(11)16-9-15(18(22)23)10-17(19-16)21-13(3)7-8-14(21)4;11-10(6-7-12-8-13)9-4-2-1-3-5-9/h5-14,16-18H,15H2,1-4H3,(H,28,32);5-10,22-23H,1-4H3;1-6,8H,7H2,(H,12,13)/b25-14+;;10-6+. The number of hydrogen-bond acceptors (Lipinski definition) is 6. The maximum atomic E-state index is 10.9. The number of hydrogen-bond donors (Lipinski definition) is 4. The first kappa shape index (κ1) is 50.4. The van der Waals surface area contributed by atoms with Crippen molar-refractivity contribution in [3.05, 3.63) is 208 Å². The Morgan fingerprint density at radius 2 is 0.809 bits per heavy atom. The fourth-order valence-electron chi connectivity index (χ4n) is 8.05. The summed E-state index contributed by atoms with van der Waals surface area (Å²) in [5.74, 6) is 3.10. The number of amides is 2. The number of halogens is 1. The third kappa shape index (κ3) is 12.3. The van der Waals surface area contributed by atoms with Crippen LogP contribution in [0.1, 0.15) is 62.2 Å². The summed E-state index contributed by atoms with van der Waals surface area (Å²) < 4.78 is 9.50. The van der Waals surface area contributed by atoms with Crippen molar-refractivity contribution >= 4 is 57.1 Å². The van der Waals surface area contributed by atoms with Gasteiger partial charge in [-0.2, -0.15) is 0 Å². The van der Waals surface area contributed by atoms with Crippen LogP contribution in [0.3, 0.4) is 0 Å². The second kappa shape index (κ2) is 23.6. The van der Waals surface area contributed by atoms with E-state index in [4.69, 9.17) is 9.97 Å². The summed E-state index contributed by atoms with van der Waals surface area (Å²) in [5.41, 5.74) is 13.5. The minimum atomic E-state index is -1.54. The molecule has 8 rings (SSSR count). The van der Waals surface area contributed by atoms with Crippen LogP contribution < -0.4 is 16.1 Å². The van der Waals surface area contributed by atoms with Gasteiger partial charge in [0.1, 0.15) is 23.3 Å². The first-order chi connectivity index (χ1) is 32.7. The van der Waals surface area contributed by atoms with E-state index in [-0.39, 0.29) is 0 Å². The molecule has 6 heterocycles. The zero-order valence-electron chi connectivity index (χ0n) is 39.8. The van der Waals surface area contributed by atoms with Gasteiger partial charge in [-0.3, -0.25) is 9.59 Å². The third-order valence-corrected chi connectivity index (χ3v) is 12.4. The summed E-state index contributed by atoms with van der Waals surface area (Å²) in [5, 5.41) is 24.7. The van der Waals surface area contributed by atoms with Crippen LogP contribution >= 0.6 is 22.6 Å². The number of nitrogens with zero attached hydrogens (tertiary/aromatic N) is 6. The number of aromatic nitrogens is 6. The average molecular weight is 1020 g/mol. The highest BCUT2D eigenvalue weighted by molar-refractivity contribution is 14.1. The van der Waals surface area contributed by atoms with Crippen molar-refractivity contribution in [2.45, 2.75) is 55.4 Å². The van der Waals surface area contributed by atoms with Crippen molar-refractivity contribution in [1.82, 2.24) is 38.9 Å². The van der Waals surface area contributed by atoms with Gasteiger partial charge in [0, 0.05) is 62.2 Å². The van der Waals surface area contributed by atoms with E-state index in [1.54, 1.807) is 12.1 Å². The number of carbonyl (C=O) groups excluding carboxylic acids is 2. The molecule has 2 aromatic carbocycles. The van der Waals surface area contributed by atoms with Crippen LogP contribution in [0.15, 0.2) is 146 Å². The lowest BCUT2D eigenvalue weighted by molar-refractivity contribution is -0.110. The van der Waals surface area contributed by atoms with Crippen molar-refractivity contribution in [1.29, 1.82) is 0 Å². The van der Waals surface area contributed by atoms with E-state index < -0.39 is 7.12 Å². The molecule has 0 fully saturated rings. The molecule has 348 valence electrons. The van der Waals surface area contributed by atoms with Gasteiger partial charge in [0.25, 0.3) is 0 Å². The number of aryl methyl sites for hydroxylation is 8. The average Bonchev–Trinajstić information content (AvgIpc) is 4.08. The fraction of sp³-hybridized carbons (Fsp3) is 0.185. The molecule has 0 atom stereocenters. The Kier molecular flexibility index (Phi) is 17.5. The largest absolute Gasteiger partial charge is 0.488 e. The minimum absolute atomic E-state index is 0.421. The van der Waals surface area contributed by atoms with Gasteiger partial charge in [-0.1, -0.05) is 72.8 Å². The van der Waals surface area contributed by atoms with Crippen LogP contribution in [0.5, 0.6) is 0 Å². The molecule has 0 saturated heterocycles. The quantitative estimate of drug-likeness (QED) is 0.0371. The Morgan fingerprint density at radius 1 is 0.485 bits per heavy atom. The molecule has 0 spiro atoms. The molecule has 0 bridgehead atoms. The van der Waals surface area contributed by atoms with Gasteiger partial charge in [0.15, 0.2) is 0 Å². The van der Waals surface area contributed by atoms with Gasteiger partial charge in [-0.25, -0.2) is 9.97 Å². The van der Waals surface area contributed by atoms with E-state index in [0.717, 1.165) is 83.9 Å². The molecule has 0 radical (unpaired) electrons. The summed E-state index contributed by atoms with van der Waals surface area (Å²) in [6, 6.07) is 44.5. The second-order valence-electron chi connectivity index (χ2n) is 16.3. The molecule has 2 amide bonds. The summed E-state index contributed by atoms with van der Waals surface area (Å²) in [6.07, 6.45) is 5.45. The molecular formula is C54H58BIN8O4. The Bertz CT molecular complexity index is 2830. The lowest BCUT2D eigenvalue weighted by Crippen LogP contribution is -2.31. The maximum Gasteiger partial charge on any atom is 0.488 e. The highest BCUT2D eigenvalue weighted by atomic mass is 127. The van der Waals surface area contributed by atoms with Gasteiger partial charge in [0.05, 0.1) is 0 Å². The highest BCUT2D eigenvalue weighted by Crippen LogP contribution is 2.29. The van der Waals surface area contributed by atoms with E-state index in [1.165, 1.54) is 5.56 Å². The third-order valence-electron chi connectivity index (χ3n) is 11.4. The van der Waals surface area contributed by atoms with Crippen LogP contribution in [0.25, 0.3) is 32.4 Å². The van der Waals surface area contributed by atoms with Crippen molar-refractivity contribution in [3.8, 4) is 23.3 Å². The Morgan fingerprint density at radius 3 is 1.15 bits per heavy atom. The Hall–Kier alpha value is -7.01. The Labute approximate surface area is 413 Å². The zero-order chi connectivity index (χ0) is 48.9. The molecule has 0 aliphatic carbocycles. The molecule has 12 nitrogen and oxygen atoms in total. The van der Waals surface area contributed by atoms with Gasteiger partial charge < -0.3 is 39.0 Å². The summed E-state index contributed by atoms with van der Waals surface area (Å²) in [7, 11) is -1.54. The smallest absolute Gasteiger partial charge is 0.423 e. The van der Waals surface area contributed by atoms with Gasteiger partial charge in [-0.15, -0.1) is 0 Å². The molecular weight excluding hydrogens is 962 g/mol. The van der Waals surface area contributed by atoms with Crippen LogP contribution in [-0.4, -0.2) is 71.3 Å². The monoisotopic (exact) mass is 1020 g/mol. The van der Waals surface area contributed by atoms with Crippen molar-refractivity contribution in [3.63, 3.8) is 0 Å². The highest BCUT2D eigenvalue weighted by Gasteiger charge is 2.19.